The van der Waals surface area contributed by atoms with Crippen molar-refractivity contribution in [1.82, 2.24) is 15.6 Å². The second-order valence-electron chi connectivity index (χ2n) is 7.25. The molecule has 6 nitrogen and oxygen atoms in total. The molecule has 1 aliphatic rings. The molecule has 0 saturated heterocycles. The Balaban J connectivity index is 1.35. The molecule has 2 aromatic carbocycles. The highest BCUT2D eigenvalue weighted by Crippen LogP contribution is 2.31. The van der Waals surface area contributed by atoms with E-state index in [1.807, 2.05) is 18.2 Å². The van der Waals surface area contributed by atoms with E-state index in [0.29, 0.717) is 18.0 Å². The lowest BCUT2D eigenvalue weighted by atomic mass is 10.1. The minimum atomic E-state index is -0.162. The molecular weight excluding hydrogens is 354 g/mol. The summed E-state index contributed by atoms with van der Waals surface area (Å²) < 4.78 is 10.5. The van der Waals surface area contributed by atoms with Gasteiger partial charge in [-0.15, -0.1) is 0 Å². The van der Waals surface area contributed by atoms with Gasteiger partial charge in [0.15, 0.2) is 11.5 Å². The zero-order valence-electron chi connectivity index (χ0n) is 16.4. The molecule has 0 aliphatic heterocycles. The number of fused-ring (bicyclic) bond motifs is 3. The SMILES string of the molecule is COc1ccc(CNC(=O)NC2Cc3[nH]c4ccc(C)cc4c3C2)cc1OC. The van der Waals surface area contributed by atoms with Crippen molar-refractivity contribution in [2.24, 2.45) is 0 Å². The molecule has 2 amide bonds. The standard InChI is InChI=1S/C22H25N3O3/c1-13-4-6-18-16(8-13)17-10-15(11-19(17)25-18)24-22(26)23-12-14-5-7-20(27-2)21(9-14)28-3/h4-9,15,25H,10-12H2,1-3H3,(H2,23,24,26). The van der Waals surface area contributed by atoms with Gasteiger partial charge in [-0.05, 0) is 48.7 Å². The topological polar surface area (TPSA) is 75.4 Å². The molecule has 1 aromatic heterocycles. The van der Waals surface area contributed by atoms with E-state index >= 15 is 0 Å². The zero-order valence-corrected chi connectivity index (χ0v) is 16.4. The number of carbonyl (C=O) groups excluding carboxylic acids is 1. The monoisotopic (exact) mass is 379 g/mol. The van der Waals surface area contributed by atoms with E-state index in [-0.39, 0.29) is 12.1 Å². The second-order valence-corrected chi connectivity index (χ2v) is 7.25. The van der Waals surface area contributed by atoms with Gasteiger partial charge >= 0.3 is 6.03 Å². The number of methoxy groups -OCH3 is 2. The van der Waals surface area contributed by atoms with Crippen LogP contribution in [0.2, 0.25) is 0 Å². The van der Waals surface area contributed by atoms with Gasteiger partial charge in [-0.25, -0.2) is 4.79 Å². The van der Waals surface area contributed by atoms with Crippen LogP contribution in [0.25, 0.3) is 10.9 Å². The van der Waals surface area contributed by atoms with Gasteiger partial charge in [0.1, 0.15) is 0 Å². The Hall–Kier alpha value is -3.15. The molecule has 4 rings (SSSR count). The van der Waals surface area contributed by atoms with Crippen LogP contribution in [0.1, 0.15) is 22.4 Å². The van der Waals surface area contributed by atoms with E-state index in [1.54, 1.807) is 14.2 Å². The Morgan fingerprint density at radius 3 is 2.71 bits per heavy atom. The maximum absolute atomic E-state index is 12.4. The van der Waals surface area contributed by atoms with Gasteiger partial charge in [-0.3, -0.25) is 0 Å². The van der Waals surface area contributed by atoms with E-state index in [4.69, 9.17) is 9.47 Å². The first-order chi connectivity index (χ1) is 13.6. The number of urea groups is 1. The maximum Gasteiger partial charge on any atom is 0.315 e. The number of carbonyl (C=O) groups is 1. The Labute approximate surface area is 164 Å². The number of amides is 2. The number of hydrogen-bond donors (Lipinski definition) is 3. The molecule has 0 spiro atoms. The summed E-state index contributed by atoms with van der Waals surface area (Å²) in [7, 11) is 3.20. The molecule has 1 unspecified atom stereocenters. The molecule has 1 heterocycles. The largest absolute Gasteiger partial charge is 0.493 e. The Kier molecular flexibility index (Phi) is 4.86. The summed E-state index contributed by atoms with van der Waals surface area (Å²) >= 11 is 0. The number of benzene rings is 2. The number of nitrogens with one attached hydrogen (secondary N) is 3. The van der Waals surface area contributed by atoms with Gasteiger partial charge in [0.05, 0.1) is 14.2 Å². The second kappa shape index (κ2) is 7.46. The number of H-pyrrole nitrogens is 1. The summed E-state index contributed by atoms with van der Waals surface area (Å²) in [6.07, 6.45) is 1.68. The van der Waals surface area contributed by atoms with Crippen LogP contribution in [0, 0.1) is 6.92 Å². The predicted molar refractivity (Wildman–Crippen MR) is 109 cm³/mol. The lowest BCUT2D eigenvalue weighted by Crippen LogP contribution is -2.42. The summed E-state index contributed by atoms with van der Waals surface area (Å²) in [5, 5.41) is 7.28. The van der Waals surface area contributed by atoms with Crippen molar-refractivity contribution in [1.29, 1.82) is 0 Å². The number of ether oxygens (including phenoxy) is 2. The molecular formula is C22H25N3O3. The lowest BCUT2D eigenvalue weighted by Gasteiger charge is -2.14. The number of aromatic nitrogens is 1. The van der Waals surface area contributed by atoms with Crippen LogP contribution in [0.3, 0.4) is 0 Å². The van der Waals surface area contributed by atoms with Crippen LogP contribution in [0.4, 0.5) is 4.79 Å². The molecule has 0 saturated carbocycles. The van der Waals surface area contributed by atoms with Gasteiger partial charge in [0.25, 0.3) is 0 Å². The van der Waals surface area contributed by atoms with Gasteiger partial charge in [0, 0.05) is 35.6 Å². The summed E-state index contributed by atoms with van der Waals surface area (Å²) in [5.74, 6) is 1.32. The third-order valence-electron chi connectivity index (χ3n) is 5.29. The molecule has 0 radical (unpaired) electrons. The predicted octanol–water partition coefficient (Wildman–Crippen LogP) is 3.46. The number of aryl methyl sites for hydroxylation is 1. The van der Waals surface area contributed by atoms with Crippen LogP contribution in [-0.4, -0.2) is 31.3 Å². The molecule has 1 atom stereocenters. The zero-order chi connectivity index (χ0) is 19.7. The quantitative estimate of drug-likeness (QED) is 0.635. The highest BCUT2D eigenvalue weighted by atomic mass is 16.5. The van der Waals surface area contributed by atoms with Crippen molar-refractivity contribution < 1.29 is 14.3 Å². The molecule has 3 aromatic rings. The van der Waals surface area contributed by atoms with Gasteiger partial charge in [-0.2, -0.15) is 0 Å². The maximum atomic E-state index is 12.4. The van der Waals surface area contributed by atoms with Gasteiger partial charge in [-0.1, -0.05) is 17.7 Å². The van der Waals surface area contributed by atoms with Crippen LogP contribution in [0.5, 0.6) is 11.5 Å². The smallest absolute Gasteiger partial charge is 0.315 e. The summed E-state index contributed by atoms with van der Waals surface area (Å²) in [4.78, 5) is 15.8. The highest BCUT2D eigenvalue weighted by Gasteiger charge is 2.26. The normalized spacial score (nSPS) is 15.3. The first-order valence-corrected chi connectivity index (χ1v) is 9.42. The van der Waals surface area contributed by atoms with Crippen molar-refractivity contribution >= 4 is 16.9 Å². The Morgan fingerprint density at radius 2 is 1.93 bits per heavy atom. The van der Waals surface area contributed by atoms with Crippen molar-refractivity contribution in [2.45, 2.75) is 32.4 Å². The van der Waals surface area contributed by atoms with E-state index in [0.717, 1.165) is 18.4 Å². The minimum absolute atomic E-state index is 0.108. The summed E-state index contributed by atoms with van der Waals surface area (Å²) in [5.41, 5.74) is 5.92. The summed E-state index contributed by atoms with van der Waals surface area (Å²) in [6.45, 7) is 2.53. The third kappa shape index (κ3) is 3.50. The molecule has 28 heavy (non-hydrogen) atoms. The number of rotatable bonds is 5. The van der Waals surface area contributed by atoms with Crippen molar-refractivity contribution in [3.8, 4) is 11.5 Å². The molecule has 146 valence electrons. The molecule has 0 fully saturated rings. The molecule has 0 bridgehead atoms. The fraction of sp³-hybridized carbons (Fsp3) is 0.318. The van der Waals surface area contributed by atoms with Crippen molar-refractivity contribution in [3.63, 3.8) is 0 Å². The summed E-state index contributed by atoms with van der Waals surface area (Å²) in [6, 6.07) is 12.0. The number of hydrogen-bond acceptors (Lipinski definition) is 3. The molecule has 1 aliphatic carbocycles. The lowest BCUT2D eigenvalue weighted by molar-refractivity contribution is 0.237. The van der Waals surface area contributed by atoms with E-state index < -0.39 is 0 Å². The third-order valence-corrected chi connectivity index (χ3v) is 5.29. The van der Waals surface area contributed by atoms with Gasteiger partial charge < -0.3 is 25.1 Å². The van der Waals surface area contributed by atoms with Crippen LogP contribution >= 0.6 is 0 Å². The molecule has 3 N–H and O–H groups in total. The van der Waals surface area contributed by atoms with E-state index in [2.05, 4.69) is 40.7 Å². The Bertz CT molecular complexity index is 1030. The minimum Gasteiger partial charge on any atom is -0.493 e. The first kappa shape index (κ1) is 18.2. The van der Waals surface area contributed by atoms with E-state index in [9.17, 15) is 4.79 Å². The first-order valence-electron chi connectivity index (χ1n) is 9.42. The van der Waals surface area contributed by atoms with E-state index in [1.165, 1.54) is 27.7 Å². The van der Waals surface area contributed by atoms with Crippen LogP contribution < -0.4 is 20.1 Å². The van der Waals surface area contributed by atoms with Gasteiger partial charge in [0.2, 0.25) is 0 Å². The van der Waals surface area contributed by atoms with Crippen LogP contribution in [-0.2, 0) is 19.4 Å². The fourth-order valence-corrected chi connectivity index (χ4v) is 3.90. The Morgan fingerprint density at radius 1 is 1.11 bits per heavy atom. The van der Waals surface area contributed by atoms with Crippen molar-refractivity contribution in [3.05, 3.63) is 58.8 Å². The fourth-order valence-electron chi connectivity index (χ4n) is 3.90. The number of aromatic amines is 1. The van der Waals surface area contributed by atoms with Crippen LogP contribution in [0.15, 0.2) is 36.4 Å². The van der Waals surface area contributed by atoms with Crippen molar-refractivity contribution in [2.75, 3.05) is 14.2 Å². The highest BCUT2D eigenvalue weighted by molar-refractivity contribution is 5.86. The molecule has 6 heteroatoms. The average Bonchev–Trinajstić information content (AvgIpc) is 3.23. The average molecular weight is 379 g/mol.